The number of nitrogens with zero attached hydrogens (tertiary/aromatic N) is 3. The second-order valence-corrected chi connectivity index (χ2v) is 14.7. The van der Waals surface area contributed by atoms with E-state index in [-0.39, 0.29) is 30.5 Å². The molecule has 0 aliphatic carbocycles. The van der Waals surface area contributed by atoms with Crippen LogP contribution in [0.1, 0.15) is 59.9 Å². The highest BCUT2D eigenvalue weighted by Gasteiger charge is 2.44. The first-order valence-corrected chi connectivity index (χ1v) is 16.0. The fourth-order valence-corrected chi connectivity index (χ4v) is 7.95. The molecule has 2 amide bonds. The highest BCUT2D eigenvalue weighted by atomic mass is 32.2. The van der Waals surface area contributed by atoms with Crippen molar-refractivity contribution in [2.45, 2.75) is 96.0 Å². The molecule has 2 aliphatic heterocycles. The zero-order valence-corrected chi connectivity index (χ0v) is 25.5. The molecule has 2 aliphatic rings. The maximum absolute atomic E-state index is 13.3. The fourth-order valence-electron chi connectivity index (χ4n) is 5.63. The molecule has 0 spiro atoms. The van der Waals surface area contributed by atoms with Crippen LogP contribution in [0.3, 0.4) is 0 Å². The summed E-state index contributed by atoms with van der Waals surface area (Å²) >= 11 is 0. The topological polar surface area (TPSA) is 141 Å². The lowest BCUT2D eigenvalue weighted by molar-refractivity contribution is -0.131. The van der Waals surface area contributed by atoms with E-state index in [1.165, 1.54) is 0 Å². The summed E-state index contributed by atoms with van der Waals surface area (Å²) in [6.07, 6.45) is 1.82. The number of hydrogen-bond acceptors (Lipinski definition) is 9. The molecule has 1 aromatic heterocycles. The molecule has 0 aromatic carbocycles. The molecule has 11 nitrogen and oxygen atoms in total. The quantitative estimate of drug-likeness (QED) is 0.375. The van der Waals surface area contributed by atoms with E-state index in [4.69, 9.17) is 4.74 Å². The number of piperazine rings is 1. The second kappa shape index (κ2) is 13.6. The molecule has 12 heteroatoms. The number of hydrogen-bond donors (Lipinski definition) is 3. The van der Waals surface area contributed by atoms with Crippen LogP contribution in [0.4, 0.5) is 4.79 Å². The molecule has 2 fully saturated rings. The summed E-state index contributed by atoms with van der Waals surface area (Å²) in [6.45, 7) is 13.9. The summed E-state index contributed by atoms with van der Waals surface area (Å²) in [5.41, 5.74) is 0.704. The Bertz CT molecular complexity index is 1090. The van der Waals surface area contributed by atoms with Crippen molar-refractivity contribution in [1.82, 2.24) is 25.4 Å². The number of aliphatic hydroxyl groups excluding tert-OH is 1. The van der Waals surface area contributed by atoms with Crippen molar-refractivity contribution in [3.8, 4) is 0 Å². The fraction of sp³-hybridized carbons (Fsp3) is 0.750. The zero-order valence-electron chi connectivity index (χ0n) is 24.7. The minimum atomic E-state index is -3.31. The van der Waals surface area contributed by atoms with Crippen LogP contribution in [-0.4, -0.2) is 107 Å². The smallest absolute Gasteiger partial charge is 0.407 e. The predicted molar refractivity (Wildman–Crippen MR) is 153 cm³/mol. The molecular formula is C28H47N5O6S. The lowest BCUT2D eigenvalue weighted by Gasteiger charge is -2.42. The van der Waals surface area contributed by atoms with Crippen molar-refractivity contribution in [3.05, 3.63) is 30.1 Å². The Kier molecular flexibility index (Phi) is 11.0. The number of rotatable bonds is 10. The molecule has 3 heterocycles. The van der Waals surface area contributed by atoms with Gasteiger partial charge in [0.05, 0.1) is 17.9 Å². The number of carbonyl (C=O) groups excluding carboxylic acids is 2. The number of pyridine rings is 1. The molecule has 2 saturated heterocycles. The van der Waals surface area contributed by atoms with Gasteiger partial charge in [0, 0.05) is 50.7 Å². The molecule has 3 rings (SSSR count). The monoisotopic (exact) mass is 581 g/mol. The van der Waals surface area contributed by atoms with E-state index in [0.29, 0.717) is 32.6 Å². The Labute approximate surface area is 239 Å². The first-order valence-electron chi connectivity index (χ1n) is 14.2. The van der Waals surface area contributed by atoms with E-state index >= 15 is 0 Å². The molecule has 0 radical (unpaired) electrons. The van der Waals surface area contributed by atoms with Gasteiger partial charge in [-0.25, -0.2) is 13.2 Å². The number of aliphatic hydroxyl groups is 1. The van der Waals surface area contributed by atoms with Crippen molar-refractivity contribution in [3.63, 3.8) is 0 Å². The van der Waals surface area contributed by atoms with Crippen LogP contribution in [-0.2, 0) is 25.9 Å². The Hall–Kier alpha value is -2.28. The minimum Gasteiger partial charge on any atom is -0.445 e. The Morgan fingerprint density at radius 3 is 2.48 bits per heavy atom. The van der Waals surface area contributed by atoms with Crippen molar-refractivity contribution in [2.24, 2.45) is 5.92 Å². The van der Waals surface area contributed by atoms with E-state index < -0.39 is 51.0 Å². The van der Waals surface area contributed by atoms with Gasteiger partial charge < -0.3 is 20.5 Å². The molecule has 0 bridgehead atoms. The van der Waals surface area contributed by atoms with Gasteiger partial charge in [-0.2, -0.15) is 0 Å². The standard InChI is InChI=1S/C28H47N5O6S/c1-7-21(30-27(36)39-24-10-15-40(37,38)25(24)19(2)3)23(34)18-33-14-13-32(16-20-8-11-29-12-9-20)17-22(33)26(35)31-28(4,5)6/h8-9,11-12,19,21-25,34H,7,10,13-18H2,1-6H3,(H,30,36)(H,31,35)/t21-,22-,23+,24+,25+/m0/s1. The molecular weight excluding hydrogens is 534 g/mol. The van der Waals surface area contributed by atoms with Crippen LogP contribution in [0, 0.1) is 5.92 Å². The van der Waals surface area contributed by atoms with E-state index in [1.807, 2.05) is 58.6 Å². The Morgan fingerprint density at radius 1 is 1.20 bits per heavy atom. The normalized spacial score (nSPS) is 25.4. The van der Waals surface area contributed by atoms with Crippen molar-refractivity contribution in [1.29, 1.82) is 0 Å². The van der Waals surface area contributed by atoms with Gasteiger partial charge in [0.2, 0.25) is 5.91 Å². The van der Waals surface area contributed by atoms with Crippen LogP contribution in [0.25, 0.3) is 0 Å². The molecule has 226 valence electrons. The SMILES string of the molecule is CC[C@H](NC(=O)O[C@@H]1CCS(=O)(=O)[C@@H]1C(C)C)[C@H](O)CN1CCN(Cc2ccncc2)C[C@H]1C(=O)NC(C)(C)C. The number of carbonyl (C=O) groups is 2. The molecule has 40 heavy (non-hydrogen) atoms. The van der Waals surface area contributed by atoms with Crippen LogP contribution in [0.2, 0.25) is 0 Å². The van der Waals surface area contributed by atoms with Gasteiger partial charge in [0.1, 0.15) is 17.4 Å². The van der Waals surface area contributed by atoms with Gasteiger partial charge in [-0.1, -0.05) is 20.8 Å². The number of aromatic nitrogens is 1. The van der Waals surface area contributed by atoms with Gasteiger partial charge in [-0.15, -0.1) is 0 Å². The van der Waals surface area contributed by atoms with Crippen LogP contribution in [0.5, 0.6) is 0 Å². The lowest BCUT2D eigenvalue weighted by Crippen LogP contribution is -2.63. The average molecular weight is 582 g/mol. The molecule has 3 N–H and O–H groups in total. The van der Waals surface area contributed by atoms with E-state index in [0.717, 1.165) is 5.56 Å². The maximum atomic E-state index is 13.3. The molecule has 5 atom stereocenters. The van der Waals surface area contributed by atoms with Crippen LogP contribution < -0.4 is 10.6 Å². The van der Waals surface area contributed by atoms with Gasteiger partial charge in [0.15, 0.2) is 9.84 Å². The molecule has 0 unspecified atom stereocenters. The van der Waals surface area contributed by atoms with Gasteiger partial charge in [0.25, 0.3) is 0 Å². The van der Waals surface area contributed by atoms with Gasteiger partial charge in [-0.05, 0) is 57.2 Å². The molecule has 1 aromatic rings. The van der Waals surface area contributed by atoms with Gasteiger partial charge in [-0.3, -0.25) is 19.6 Å². The summed E-state index contributed by atoms with van der Waals surface area (Å²) in [4.78, 5) is 34.4. The third kappa shape index (κ3) is 8.86. The van der Waals surface area contributed by atoms with E-state index in [1.54, 1.807) is 12.4 Å². The maximum Gasteiger partial charge on any atom is 0.407 e. The summed E-state index contributed by atoms with van der Waals surface area (Å²) in [6, 6.07) is 2.82. The first kappa shape index (κ1) is 32.2. The zero-order chi connectivity index (χ0) is 29.7. The first-order chi connectivity index (χ1) is 18.7. The summed E-state index contributed by atoms with van der Waals surface area (Å²) in [5, 5.41) is 16.3. The van der Waals surface area contributed by atoms with Crippen molar-refractivity contribution >= 4 is 21.8 Å². The highest BCUT2D eigenvalue weighted by molar-refractivity contribution is 7.92. The van der Waals surface area contributed by atoms with Crippen molar-refractivity contribution < 1.29 is 27.9 Å². The predicted octanol–water partition coefficient (Wildman–Crippen LogP) is 1.56. The average Bonchev–Trinajstić information content (AvgIpc) is 3.16. The summed E-state index contributed by atoms with van der Waals surface area (Å²) < 4.78 is 30.4. The third-order valence-electron chi connectivity index (χ3n) is 7.54. The third-order valence-corrected chi connectivity index (χ3v) is 10.0. The summed E-state index contributed by atoms with van der Waals surface area (Å²) in [5.74, 6) is -0.285. The van der Waals surface area contributed by atoms with E-state index in [2.05, 4.69) is 20.5 Å². The van der Waals surface area contributed by atoms with Crippen molar-refractivity contribution in [2.75, 3.05) is 31.9 Å². The number of ether oxygens (including phenoxy) is 1. The largest absolute Gasteiger partial charge is 0.445 e. The molecule has 0 saturated carbocycles. The van der Waals surface area contributed by atoms with Crippen LogP contribution in [0.15, 0.2) is 24.5 Å². The number of nitrogens with one attached hydrogen (secondary N) is 2. The van der Waals surface area contributed by atoms with E-state index in [9.17, 15) is 23.1 Å². The number of sulfone groups is 1. The lowest BCUT2D eigenvalue weighted by atomic mass is 10.0. The summed E-state index contributed by atoms with van der Waals surface area (Å²) in [7, 11) is -3.31. The van der Waals surface area contributed by atoms with Crippen LogP contribution >= 0.6 is 0 Å². The highest BCUT2D eigenvalue weighted by Crippen LogP contribution is 2.29. The van der Waals surface area contributed by atoms with Gasteiger partial charge >= 0.3 is 6.09 Å². The minimum absolute atomic E-state index is 0.00121. The number of amides is 2. The number of β-amino-alcohol motifs (C(OH)–C–C–N with tert-alkyl or cyclic N) is 1. The Morgan fingerprint density at radius 2 is 1.88 bits per heavy atom. The second-order valence-electron chi connectivity index (χ2n) is 12.4. The Balaban J connectivity index is 1.64. The number of alkyl carbamates (subject to hydrolysis) is 1.